The van der Waals surface area contributed by atoms with Crippen molar-refractivity contribution in [3.63, 3.8) is 0 Å². The van der Waals surface area contributed by atoms with Crippen LogP contribution in [-0.2, 0) is 6.42 Å². The highest BCUT2D eigenvalue weighted by Crippen LogP contribution is 2.24. The predicted octanol–water partition coefficient (Wildman–Crippen LogP) is 2.23. The summed E-state index contributed by atoms with van der Waals surface area (Å²) < 4.78 is 0. The van der Waals surface area contributed by atoms with Crippen LogP contribution in [0.15, 0.2) is 36.5 Å². The number of nitrogens with zero attached hydrogens (tertiary/aromatic N) is 1. The highest BCUT2D eigenvalue weighted by molar-refractivity contribution is 5.62. The van der Waals surface area contributed by atoms with Crippen LogP contribution in [0.2, 0.25) is 0 Å². The van der Waals surface area contributed by atoms with E-state index in [-0.39, 0.29) is 0 Å². The van der Waals surface area contributed by atoms with Crippen LogP contribution in [0, 0.1) is 5.92 Å². The monoisotopic (exact) mass is 227 g/mol. The summed E-state index contributed by atoms with van der Waals surface area (Å²) in [5.41, 5.74) is 3.74. The maximum atomic E-state index is 4.20. The van der Waals surface area contributed by atoms with E-state index in [0.29, 0.717) is 0 Å². The Morgan fingerprint density at radius 1 is 1.24 bits per heavy atom. The summed E-state index contributed by atoms with van der Waals surface area (Å²) in [6.45, 7) is 2.29. The summed E-state index contributed by atoms with van der Waals surface area (Å²) in [7, 11) is 0. The van der Waals surface area contributed by atoms with Crippen molar-refractivity contribution in [1.29, 1.82) is 0 Å². The number of nitrogens with one attached hydrogen (secondary N) is 2. The molecule has 1 atom stereocenters. The number of rotatable bonds is 3. The van der Waals surface area contributed by atoms with Crippen LogP contribution >= 0.6 is 0 Å². The van der Waals surface area contributed by atoms with Crippen molar-refractivity contribution in [1.82, 2.24) is 15.5 Å². The SMILES string of the molecule is c1ccc(-c2[nH]ncc2CC2CCNC2)cc1. The van der Waals surface area contributed by atoms with Gasteiger partial charge in [-0.3, -0.25) is 5.10 Å². The van der Waals surface area contributed by atoms with Gasteiger partial charge in [-0.15, -0.1) is 0 Å². The molecule has 1 aliphatic rings. The van der Waals surface area contributed by atoms with Crippen molar-refractivity contribution in [3.8, 4) is 11.3 Å². The first-order chi connectivity index (χ1) is 8.43. The first-order valence-electron chi connectivity index (χ1n) is 6.22. The standard InChI is InChI=1S/C14H17N3/c1-2-4-12(5-3-1)14-13(10-16-17-14)8-11-6-7-15-9-11/h1-5,10-11,15H,6-9H2,(H,16,17). The van der Waals surface area contributed by atoms with Gasteiger partial charge in [0.05, 0.1) is 11.9 Å². The first-order valence-corrected chi connectivity index (χ1v) is 6.22. The van der Waals surface area contributed by atoms with Gasteiger partial charge < -0.3 is 5.32 Å². The van der Waals surface area contributed by atoms with Gasteiger partial charge >= 0.3 is 0 Å². The third kappa shape index (κ3) is 2.24. The van der Waals surface area contributed by atoms with Crippen LogP contribution in [0.4, 0.5) is 0 Å². The minimum Gasteiger partial charge on any atom is -0.316 e. The molecule has 0 saturated carbocycles. The van der Waals surface area contributed by atoms with Crippen molar-refractivity contribution < 1.29 is 0 Å². The minimum absolute atomic E-state index is 0.759. The summed E-state index contributed by atoms with van der Waals surface area (Å²) in [5.74, 6) is 0.759. The number of benzene rings is 1. The maximum Gasteiger partial charge on any atom is 0.0682 e. The second kappa shape index (κ2) is 4.72. The molecular weight excluding hydrogens is 210 g/mol. The fourth-order valence-electron chi connectivity index (χ4n) is 2.52. The molecule has 1 fully saturated rings. The quantitative estimate of drug-likeness (QED) is 0.844. The molecule has 1 aromatic heterocycles. The molecule has 17 heavy (non-hydrogen) atoms. The van der Waals surface area contributed by atoms with Crippen LogP contribution in [0.1, 0.15) is 12.0 Å². The zero-order chi connectivity index (χ0) is 11.5. The van der Waals surface area contributed by atoms with Crippen molar-refractivity contribution in [2.45, 2.75) is 12.8 Å². The van der Waals surface area contributed by atoms with E-state index in [9.17, 15) is 0 Å². The molecule has 1 aliphatic heterocycles. The van der Waals surface area contributed by atoms with E-state index in [0.717, 1.165) is 25.4 Å². The Labute approximate surface area is 101 Å². The average Bonchev–Trinajstić information content (AvgIpc) is 3.02. The lowest BCUT2D eigenvalue weighted by atomic mass is 9.97. The molecule has 88 valence electrons. The normalized spacial score (nSPS) is 19.6. The third-order valence-corrected chi connectivity index (χ3v) is 3.45. The van der Waals surface area contributed by atoms with Gasteiger partial charge in [-0.25, -0.2) is 0 Å². The van der Waals surface area contributed by atoms with Crippen molar-refractivity contribution in [2.24, 2.45) is 5.92 Å². The fraction of sp³-hybridized carbons (Fsp3) is 0.357. The minimum atomic E-state index is 0.759. The van der Waals surface area contributed by atoms with Gasteiger partial charge in [0.15, 0.2) is 0 Å². The van der Waals surface area contributed by atoms with Gasteiger partial charge in [-0.1, -0.05) is 30.3 Å². The zero-order valence-corrected chi connectivity index (χ0v) is 9.82. The Morgan fingerprint density at radius 2 is 2.12 bits per heavy atom. The molecule has 3 rings (SSSR count). The van der Waals surface area contributed by atoms with Crippen molar-refractivity contribution in [3.05, 3.63) is 42.1 Å². The Bertz CT molecular complexity index is 469. The average molecular weight is 227 g/mol. The zero-order valence-electron chi connectivity index (χ0n) is 9.82. The third-order valence-electron chi connectivity index (χ3n) is 3.45. The maximum absolute atomic E-state index is 4.20. The molecule has 0 bridgehead atoms. The van der Waals surface area contributed by atoms with Crippen molar-refractivity contribution in [2.75, 3.05) is 13.1 Å². The van der Waals surface area contributed by atoms with Crippen LogP contribution in [0.25, 0.3) is 11.3 Å². The molecule has 1 saturated heterocycles. The van der Waals surface area contributed by atoms with E-state index in [4.69, 9.17) is 0 Å². The summed E-state index contributed by atoms with van der Waals surface area (Å²) in [5, 5.41) is 10.7. The summed E-state index contributed by atoms with van der Waals surface area (Å²) in [6.07, 6.45) is 4.37. The van der Waals surface area contributed by atoms with Gasteiger partial charge in [0.2, 0.25) is 0 Å². The van der Waals surface area contributed by atoms with E-state index >= 15 is 0 Å². The molecule has 0 radical (unpaired) electrons. The Hall–Kier alpha value is -1.61. The predicted molar refractivity (Wildman–Crippen MR) is 68.7 cm³/mol. The second-order valence-electron chi connectivity index (χ2n) is 4.70. The van der Waals surface area contributed by atoms with E-state index in [1.807, 2.05) is 12.3 Å². The van der Waals surface area contributed by atoms with E-state index < -0.39 is 0 Å². The molecule has 1 unspecified atom stereocenters. The summed E-state index contributed by atoms with van der Waals surface area (Å²) >= 11 is 0. The molecular formula is C14H17N3. The summed E-state index contributed by atoms with van der Waals surface area (Å²) in [6, 6.07) is 10.4. The van der Waals surface area contributed by atoms with Gasteiger partial charge in [0.1, 0.15) is 0 Å². The second-order valence-corrected chi connectivity index (χ2v) is 4.70. The molecule has 1 aromatic carbocycles. The Morgan fingerprint density at radius 3 is 2.88 bits per heavy atom. The lowest BCUT2D eigenvalue weighted by molar-refractivity contribution is 0.581. The largest absolute Gasteiger partial charge is 0.316 e. The first kappa shape index (κ1) is 10.5. The van der Waals surface area contributed by atoms with Crippen LogP contribution in [0.3, 0.4) is 0 Å². The molecule has 0 amide bonds. The number of H-pyrrole nitrogens is 1. The van der Waals surface area contributed by atoms with E-state index in [1.54, 1.807) is 0 Å². The lowest BCUT2D eigenvalue weighted by Gasteiger charge is -2.08. The van der Waals surface area contributed by atoms with Crippen molar-refractivity contribution >= 4 is 0 Å². The molecule has 3 nitrogen and oxygen atoms in total. The van der Waals surface area contributed by atoms with Gasteiger partial charge in [0, 0.05) is 0 Å². The molecule has 2 heterocycles. The topological polar surface area (TPSA) is 40.7 Å². The van der Waals surface area contributed by atoms with Crippen LogP contribution in [0.5, 0.6) is 0 Å². The highest BCUT2D eigenvalue weighted by Gasteiger charge is 2.17. The number of aromatic amines is 1. The lowest BCUT2D eigenvalue weighted by Crippen LogP contribution is -2.10. The van der Waals surface area contributed by atoms with Gasteiger partial charge in [-0.2, -0.15) is 5.10 Å². The fourth-order valence-corrected chi connectivity index (χ4v) is 2.52. The Kier molecular flexibility index (Phi) is 2.92. The van der Waals surface area contributed by atoms with Crippen LogP contribution in [-0.4, -0.2) is 23.3 Å². The number of hydrogen-bond donors (Lipinski definition) is 2. The van der Waals surface area contributed by atoms with E-state index in [1.165, 1.54) is 23.2 Å². The molecule has 0 aliphatic carbocycles. The van der Waals surface area contributed by atoms with Crippen LogP contribution < -0.4 is 5.32 Å². The summed E-state index contributed by atoms with van der Waals surface area (Å²) in [4.78, 5) is 0. The van der Waals surface area contributed by atoms with E-state index in [2.05, 4.69) is 39.8 Å². The van der Waals surface area contributed by atoms with Gasteiger partial charge in [0.25, 0.3) is 0 Å². The number of hydrogen-bond acceptors (Lipinski definition) is 2. The van der Waals surface area contributed by atoms with Gasteiger partial charge in [-0.05, 0) is 43.0 Å². The molecule has 3 heteroatoms. The molecule has 2 aromatic rings. The molecule has 0 spiro atoms. The smallest absolute Gasteiger partial charge is 0.0682 e. The number of aromatic nitrogens is 2. The highest BCUT2D eigenvalue weighted by atomic mass is 15.1. The Balaban J connectivity index is 1.84. The molecule has 2 N–H and O–H groups in total.